The number of ether oxygens (including phenoxy) is 1. The van der Waals surface area contributed by atoms with Crippen LogP contribution in [0.15, 0.2) is 24.3 Å². The zero-order valence-electron chi connectivity index (χ0n) is 12.6. The van der Waals surface area contributed by atoms with Crippen LogP contribution in [0.1, 0.15) is 22.5 Å². The van der Waals surface area contributed by atoms with Gasteiger partial charge in [-0.1, -0.05) is 11.6 Å². The number of hydrogen-bond donors (Lipinski definition) is 0. The third kappa shape index (κ3) is 2.09. The number of carbonyl (C=O) groups excluding carboxylic acids is 1. The number of hydrogen-bond acceptors (Lipinski definition) is 3. The molecule has 2 fully saturated rings. The molecule has 23 heavy (non-hydrogen) atoms. The summed E-state index contributed by atoms with van der Waals surface area (Å²) in [5, 5.41) is 4.60. The molecule has 0 bridgehead atoms. The molecule has 2 aliphatic heterocycles. The van der Waals surface area contributed by atoms with Crippen molar-refractivity contribution in [1.82, 2.24) is 14.7 Å². The topological polar surface area (TPSA) is 47.4 Å². The van der Waals surface area contributed by atoms with Gasteiger partial charge in [-0.05, 0) is 37.6 Å². The van der Waals surface area contributed by atoms with Gasteiger partial charge in [0.1, 0.15) is 11.0 Å². The number of halogens is 2. The third-order valence-electron chi connectivity index (χ3n) is 4.65. The van der Waals surface area contributed by atoms with Crippen molar-refractivity contribution in [2.24, 2.45) is 0 Å². The van der Waals surface area contributed by atoms with E-state index < -0.39 is 0 Å². The summed E-state index contributed by atoms with van der Waals surface area (Å²) in [6.45, 7) is 3.63. The number of likely N-dealkylation sites (tertiary alicyclic amines) is 1. The summed E-state index contributed by atoms with van der Waals surface area (Å²) in [5.74, 6) is -0.451. The summed E-state index contributed by atoms with van der Waals surface area (Å²) in [6, 6.07) is 5.82. The van der Waals surface area contributed by atoms with Crippen LogP contribution >= 0.6 is 11.6 Å². The van der Waals surface area contributed by atoms with Crippen LogP contribution in [-0.2, 0) is 4.74 Å². The molecule has 4 rings (SSSR count). The zero-order valence-corrected chi connectivity index (χ0v) is 13.3. The lowest BCUT2D eigenvalue weighted by atomic mass is 9.82. The number of rotatable bonds is 2. The van der Waals surface area contributed by atoms with Gasteiger partial charge in [-0.15, -0.1) is 0 Å². The Balaban J connectivity index is 1.70. The summed E-state index contributed by atoms with van der Waals surface area (Å²) in [7, 11) is 0. The van der Waals surface area contributed by atoms with E-state index in [1.54, 1.807) is 19.1 Å². The number of aryl methyl sites for hydroxylation is 1. The highest BCUT2D eigenvalue weighted by Gasteiger charge is 2.53. The number of aromatic nitrogens is 2. The molecular formula is C16H15ClFN3O2. The summed E-state index contributed by atoms with van der Waals surface area (Å²) >= 11 is 6.41. The number of nitrogens with zero attached hydrogens (tertiary/aromatic N) is 3. The Kier molecular flexibility index (Phi) is 3.21. The Hall–Kier alpha value is -1.92. The average molecular weight is 336 g/mol. The molecule has 5 nitrogen and oxygen atoms in total. The van der Waals surface area contributed by atoms with Gasteiger partial charge in [-0.25, -0.2) is 9.07 Å². The Bertz CT molecular complexity index is 778. The van der Waals surface area contributed by atoms with Crippen LogP contribution in [0.5, 0.6) is 0 Å². The lowest BCUT2D eigenvalue weighted by Gasteiger charge is -2.57. The molecule has 0 unspecified atom stereocenters. The molecule has 3 heterocycles. The largest absolute Gasteiger partial charge is 0.376 e. The lowest BCUT2D eigenvalue weighted by Crippen LogP contribution is -2.72. The quantitative estimate of drug-likeness (QED) is 0.847. The van der Waals surface area contributed by atoms with Gasteiger partial charge in [0.15, 0.2) is 0 Å². The van der Waals surface area contributed by atoms with Gasteiger partial charge >= 0.3 is 0 Å². The van der Waals surface area contributed by atoms with Crippen LogP contribution in [0.2, 0.25) is 5.15 Å². The monoisotopic (exact) mass is 335 g/mol. The van der Waals surface area contributed by atoms with Crippen molar-refractivity contribution in [3.8, 4) is 5.69 Å². The van der Waals surface area contributed by atoms with Crippen molar-refractivity contribution in [2.45, 2.75) is 18.9 Å². The van der Waals surface area contributed by atoms with Crippen molar-refractivity contribution in [1.29, 1.82) is 0 Å². The van der Waals surface area contributed by atoms with Crippen molar-refractivity contribution in [3.05, 3.63) is 46.5 Å². The number of benzene rings is 1. The molecule has 1 spiro atoms. The van der Waals surface area contributed by atoms with E-state index in [1.807, 2.05) is 4.90 Å². The molecule has 0 N–H and O–H groups in total. The van der Waals surface area contributed by atoms with Crippen LogP contribution in [0.4, 0.5) is 4.39 Å². The number of carbonyl (C=O) groups is 1. The molecular weight excluding hydrogens is 321 g/mol. The minimum absolute atomic E-state index is 0.115. The summed E-state index contributed by atoms with van der Waals surface area (Å²) in [6.07, 6.45) is 0.960. The molecule has 1 amide bonds. The van der Waals surface area contributed by atoms with Crippen LogP contribution in [0.25, 0.3) is 5.69 Å². The van der Waals surface area contributed by atoms with E-state index in [4.69, 9.17) is 16.3 Å². The fourth-order valence-corrected chi connectivity index (χ4v) is 3.48. The molecule has 7 heteroatoms. The van der Waals surface area contributed by atoms with Crippen molar-refractivity contribution in [3.63, 3.8) is 0 Å². The van der Waals surface area contributed by atoms with Gasteiger partial charge in [-0.2, -0.15) is 5.10 Å². The molecule has 0 saturated carbocycles. The first kappa shape index (κ1) is 14.7. The van der Waals surface area contributed by atoms with Gasteiger partial charge in [0.2, 0.25) is 0 Å². The highest BCUT2D eigenvalue weighted by atomic mass is 35.5. The standard InChI is InChI=1S/C16H15ClFN3O2/c1-10-13(15(22)20-7-6-16(20)8-23-9-16)14(17)21(19-10)12-4-2-11(18)3-5-12/h2-5H,6-9H2,1H3. The maximum absolute atomic E-state index is 13.1. The fourth-order valence-electron chi connectivity index (χ4n) is 3.13. The van der Waals surface area contributed by atoms with E-state index in [-0.39, 0.29) is 22.4 Å². The van der Waals surface area contributed by atoms with Gasteiger partial charge in [0.05, 0.1) is 35.7 Å². The predicted octanol–water partition coefficient (Wildman–Crippen LogP) is 2.59. The van der Waals surface area contributed by atoms with E-state index in [9.17, 15) is 9.18 Å². The highest BCUT2D eigenvalue weighted by molar-refractivity contribution is 6.33. The first-order valence-corrected chi connectivity index (χ1v) is 7.80. The molecule has 0 aliphatic carbocycles. The van der Waals surface area contributed by atoms with Crippen molar-refractivity contribution < 1.29 is 13.9 Å². The normalized spacial score (nSPS) is 18.7. The molecule has 120 valence electrons. The second-order valence-electron chi connectivity index (χ2n) is 6.06. The van der Waals surface area contributed by atoms with Crippen LogP contribution in [-0.4, -0.2) is 45.9 Å². The lowest BCUT2D eigenvalue weighted by molar-refractivity contribution is -0.172. The van der Waals surface area contributed by atoms with E-state index in [2.05, 4.69) is 5.10 Å². The Morgan fingerprint density at radius 3 is 2.57 bits per heavy atom. The van der Waals surface area contributed by atoms with Crippen LogP contribution in [0.3, 0.4) is 0 Å². The highest BCUT2D eigenvalue weighted by Crippen LogP contribution is 2.39. The SMILES string of the molecule is Cc1nn(-c2ccc(F)cc2)c(Cl)c1C(=O)N1CCC12COC2. The fraction of sp³-hybridized carbons (Fsp3) is 0.375. The van der Waals surface area contributed by atoms with E-state index in [1.165, 1.54) is 16.8 Å². The van der Waals surface area contributed by atoms with E-state index >= 15 is 0 Å². The Morgan fingerprint density at radius 2 is 2.04 bits per heavy atom. The summed E-state index contributed by atoms with van der Waals surface area (Å²) in [4.78, 5) is 14.7. The minimum atomic E-state index is -0.336. The Labute approximate surface area is 137 Å². The van der Waals surface area contributed by atoms with Gasteiger partial charge in [0.25, 0.3) is 5.91 Å². The van der Waals surface area contributed by atoms with E-state index in [0.29, 0.717) is 36.7 Å². The molecule has 1 aromatic heterocycles. The molecule has 2 saturated heterocycles. The van der Waals surface area contributed by atoms with Crippen molar-refractivity contribution >= 4 is 17.5 Å². The van der Waals surface area contributed by atoms with Gasteiger partial charge < -0.3 is 9.64 Å². The van der Waals surface area contributed by atoms with Crippen molar-refractivity contribution in [2.75, 3.05) is 19.8 Å². The summed E-state index contributed by atoms with van der Waals surface area (Å²) < 4.78 is 19.8. The van der Waals surface area contributed by atoms with Crippen LogP contribution < -0.4 is 0 Å². The Morgan fingerprint density at radius 1 is 1.35 bits per heavy atom. The number of amides is 1. The predicted molar refractivity (Wildman–Crippen MR) is 82.5 cm³/mol. The van der Waals surface area contributed by atoms with Gasteiger partial charge in [0, 0.05) is 6.54 Å². The summed E-state index contributed by atoms with van der Waals surface area (Å²) in [5.41, 5.74) is 1.43. The minimum Gasteiger partial charge on any atom is -0.376 e. The molecule has 1 aromatic carbocycles. The molecule has 2 aromatic rings. The van der Waals surface area contributed by atoms with E-state index in [0.717, 1.165) is 6.42 Å². The maximum atomic E-state index is 13.1. The van der Waals surface area contributed by atoms with Gasteiger partial charge in [-0.3, -0.25) is 4.79 Å². The molecule has 0 radical (unpaired) electrons. The second-order valence-corrected chi connectivity index (χ2v) is 6.42. The maximum Gasteiger partial charge on any atom is 0.259 e. The first-order chi connectivity index (χ1) is 11.0. The second kappa shape index (κ2) is 5.04. The molecule has 2 aliphatic rings. The zero-order chi connectivity index (χ0) is 16.2. The average Bonchev–Trinajstić information content (AvgIpc) is 2.72. The smallest absolute Gasteiger partial charge is 0.259 e. The first-order valence-electron chi connectivity index (χ1n) is 7.43. The molecule has 0 atom stereocenters. The third-order valence-corrected chi connectivity index (χ3v) is 5.00. The van der Waals surface area contributed by atoms with Crippen LogP contribution in [0, 0.1) is 12.7 Å².